The van der Waals surface area contributed by atoms with Crippen LogP contribution in [-0.4, -0.2) is 27.2 Å². The summed E-state index contributed by atoms with van der Waals surface area (Å²) in [6, 6.07) is 0. The van der Waals surface area contributed by atoms with Crippen LogP contribution in [0.1, 0.15) is 38.5 Å². The van der Waals surface area contributed by atoms with Crippen molar-refractivity contribution in [2.24, 2.45) is 0 Å². The first-order chi connectivity index (χ1) is 5.57. The van der Waals surface area contributed by atoms with Crippen molar-refractivity contribution >= 4 is 5.78 Å². The summed E-state index contributed by atoms with van der Waals surface area (Å²) in [5.41, 5.74) is -2.34. The van der Waals surface area contributed by atoms with E-state index < -0.39 is 11.2 Å². The molecule has 2 N–H and O–H groups in total. The summed E-state index contributed by atoms with van der Waals surface area (Å²) in [4.78, 5) is 11.6. The number of Topliss-reactive ketones (excluding diaryl/α,β-unsaturated/α-hetero) is 1. The lowest BCUT2D eigenvalue weighted by Crippen LogP contribution is -2.59. The van der Waals surface area contributed by atoms with Gasteiger partial charge in [0, 0.05) is 0 Å². The van der Waals surface area contributed by atoms with E-state index in [0.717, 1.165) is 12.8 Å². The van der Waals surface area contributed by atoms with Crippen LogP contribution in [0.3, 0.4) is 0 Å². The molecule has 12 heavy (non-hydrogen) atoms. The molecule has 0 aromatic carbocycles. The van der Waals surface area contributed by atoms with Gasteiger partial charge in [-0.25, -0.2) is 0 Å². The van der Waals surface area contributed by atoms with E-state index in [1.165, 1.54) is 0 Å². The zero-order valence-electron chi connectivity index (χ0n) is 7.05. The molecule has 0 aliphatic heterocycles. The van der Waals surface area contributed by atoms with Crippen molar-refractivity contribution in [1.29, 1.82) is 0 Å². The molecule has 0 aromatic rings. The van der Waals surface area contributed by atoms with Gasteiger partial charge in [0.25, 0.3) is 0 Å². The second-order valence-corrected chi connectivity index (χ2v) is 4.10. The molecule has 0 radical (unpaired) electrons. The Hall–Kier alpha value is -0.410. The third-order valence-corrected chi connectivity index (χ3v) is 3.21. The predicted molar refractivity (Wildman–Crippen MR) is 42.6 cm³/mol. The molecule has 0 unspecified atom stereocenters. The predicted octanol–water partition coefficient (Wildman–Crippen LogP) is 0.386. The van der Waals surface area contributed by atoms with Crippen LogP contribution in [0, 0.1) is 0 Å². The molecular formula is C9H14O3. The van der Waals surface area contributed by atoms with E-state index in [2.05, 4.69) is 0 Å². The van der Waals surface area contributed by atoms with E-state index in [9.17, 15) is 15.0 Å². The van der Waals surface area contributed by atoms with Crippen molar-refractivity contribution in [2.75, 3.05) is 0 Å². The van der Waals surface area contributed by atoms with E-state index in [4.69, 9.17) is 0 Å². The van der Waals surface area contributed by atoms with Gasteiger partial charge < -0.3 is 10.2 Å². The number of hydrogen-bond donors (Lipinski definition) is 2. The SMILES string of the molecule is O=C(C1(O)CCC1)C1(O)CCC1. The number of carbonyl (C=O) groups is 1. The number of carbonyl (C=O) groups excluding carboxylic acids is 1. The number of hydrogen-bond acceptors (Lipinski definition) is 3. The summed E-state index contributed by atoms with van der Waals surface area (Å²) < 4.78 is 0. The van der Waals surface area contributed by atoms with Gasteiger partial charge in [-0.3, -0.25) is 4.79 Å². The van der Waals surface area contributed by atoms with Crippen LogP contribution in [0.25, 0.3) is 0 Å². The highest BCUT2D eigenvalue weighted by Gasteiger charge is 2.53. The molecule has 0 aromatic heterocycles. The van der Waals surface area contributed by atoms with Crippen LogP contribution in [0.15, 0.2) is 0 Å². The Morgan fingerprint density at radius 3 is 1.42 bits per heavy atom. The minimum atomic E-state index is -1.17. The molecule has 2 rings (SSSR count). The van der Waals surface area contributed by atoms with Crippen LogP contribution >= 0.6 is 0 Å². The van der Waals surface area contributed by atoms with Crippen LogP contribution in [0.4, 0.5) is 0 Å². The molecule has 3 heteroatoms. The largest absolute Gasteiger partial charge is 0.382 e. The van der Waals surface area contributed by atoms with Crippen molar-refractivity contribution in [3.05, 3.63) is 0 Å². The van der Waals surface area contributed by atoms with Crippen molar-refractivity contribution in [2.45, 2.75) is 49.7 Å². The molecule has 0 spiro atoms. The molecule has 0 atom stereocenters. The summed E-state index contributed by atoms with van der Waals surface area (Å²) in [6.45, 7) is 0. The van der Waals surface area contributed by atoms with Gasteiger partial charge in [-0.05, 0) is 38.5 Å². The summed E-state index contributed by atoms with van der Waals surface area (Å²) in [5.74, 6) is -0.326. The van der Waals surface area contributed by atoms with Crippen LogP contribution in [-0.2, 0) is 4.79 Å². The molecule has 2 saturated carbocycles. The highest BCUT2D eigenvalue weighted by atomic mass is 16.3. The van der Waals surface area contributed by atoms with Gasteiger partial charge in [0.1, 0.15) is 11.2 Å². The molecule has 2 aliphatic rings. The van der Waals surface area contributed by atoms with Crippen LogP contribution in [0.5, 0.6) is 0 Å². The van der Waals surface area contributed by atoms with Crippen molar-refractivity contribution < 1.29 is 15.0 Å². The fourth-order valence-electron chi connectivity index (χ4n) is 1.91. The average Bonchev–Trinajstić information content (AvgIpc) is 1.94. The summed E-state index contributed by atoms with van der Waals surface area (Å²) in [6.07, 6.45) is 3.95. The second-order valence-electron chi connectivity index (χ2n) is 4.10. The third kappa shape index (κ3) is 0.930. The van der Waals surface area contributed by atoms with E-state index >= 15 is 0 Å². The third-order valence-electron chi connectivity index (χ3n) is 3.21. The highest BCUT2D eigenvalue weighted by Crippen LogP contribution is 2.42. The zero-order valence-corrected chi connectivity index (χ0v) is 7.05. The standard InChI is InChI=1S/C9H14O3/c10-7(8(11)3-1-4-8)9(12)5-2-6-9/h11-12H,1-6H2. The fraction of sp³-hybridized carbons (Fsp3) is 0.889. The smallest absolute Gasteiger partial charge is 0.195 e. The number of aliphatic hydroxyl groups is 2. The molecule has 0 heterocycles. The first-order valence-electron chi connectivity index (χ1n) is 4.57. The van der Waals surface area contributed by atoms with Gasteiger partial charge in [-0.15, -0.1) is 0 Å². The van der Waals surface area contributed by atoms with Crippen molar-refractivity contribution in [1.82, 2.24) is 0 Å². The Kier molecular flexibility index (Phi) is 1.57. The van der Waals surface area contributed by atoms with Crippen LogP contribution in [0.2, 0.25) is 0 Å². The summed E-state index contributed by atoms with van der Waals surface area (Å²) in [7, 11) is 0. The number of rotatable bonds is 2. The monoisotopic (exact) mass is 170 g/mol. The lowest BCUT2D eigenvalue weighted by atomic mass is 9.65. The van der Waals surface area contributed by atoms with Gasteiger partial charge in [-0.1, -0.05) is 0 Å². The molecule has 3 nitrogen and oxygen atoms in total. The summed E-state index contributed by atoms with van der Waals surface area (Å²) >= 11 is 0. The second kappa shape index (κ2) is 2.30. The molecule has 2 aliphatic carbocycles. The zero-order chi connectivity index (χ0) is 8.82. The highest BCUT2D eigenvalue weighted by molar-refractivity contribution is 5.95. The molecular weight excluding hydrogens is 156 g/mol. The Morgan fingerprint density at radius 2 is 1.25 bits per heavy atom. The van der Waals surface area contributed by atoms with E-state index in [-0.39, 0.29) is 5.78 Å². The first kappa shape index (κ1) is 8.20. The molecule has 0 bridgehead atoms. The van der Waals surface area contributed by atoms with Gasteiger partial charge in [-0.2, -0.15) is 0 Å². The topological polar surface area (TPSA) is 57.5 Å². The minimum Gasteiger partial charge on any atom is -0.382 e. The molecule has 0 saturated heterocycles. The maximum atomic E-state index is 11.6. The minimum absolute atomic E-state index is 0.326. The summed E-state index contributed by atoms with van der Waals surface area (Å²) in [5, 5.41) is 19.3. The molecule has 0 amide bonds. The van der Waals surface area contributed by atoms with Gasteiger partial charge in [0.15, 0.2) is 5.78 Å². The Balaban J connectivity index is 2.08. The maximum Gasteiger partial charge on any atom is 0.195 e. The van der Waals surface area contributed by atoms with Gasteiger partial charge >= 0.3 is 0 Å². The fourth-order valence-corrected chi connectivity index (χ4v) is 1.91. The average molecular weight is 170 g/mol. The van der Waals surface area contributed by atoms with Crippen molar-refractivity contribution in [3.63, 3.8) is 0 Å². The molecule has 2 fully saturated rings. The van der Waals surface area contributed by atoms with E-state index in [0.29, 0.717) is 25.7 Å². The Morgan fingerprint density at radius 1 is 0.917 bits per heavy atom. The van der Waals surface area contributed by atoms with Crippen molar-refractivity contribution in [3.8, 4) is 0 Å². The van der Waals surface area contributed by atoms with E-state index in [1.54, 1.807) is 0 Å². The Labute approximate surface area is 71.4 Å². The van der Waals surface area contributed by atoms with Gasteiger partial charge in [0.2, 0.25) is 0 Å². The normalized spacial score (nSPS) is 30.2. The van der Waals surface area contributed by atoms with E-state index in [1.807, 2.05) is 0 Å². The first-order valence-corrected chi connectivity index (χ1v) is 4.57. The lowest BCUT2D eigenvalue weighted by molar-refractivity contribution is -0.174. The maximum absolute atomic E-state index is 11.6. The quantitative estimate of drug-likeness (QED) is 0.630. The lowest BCUT2D eigenvalue weighted by Gasteiger charge is -2.44. The van der Waals surface area contributed by atoms with Crippen LogP contribution < -0.4 is 0 Å². The number of ketones is 1. The Bertz CT molecular complexity index is 192. The van der Waals surface area contributed by atoms with Gasteiger partial charge in [0.05, 0.1) is 0 Å². The molecule has 68 valence electrons.